The van der Waals surface area contributed by atoms with Crippen LogP contribution in [-0.2, 0) is 46.4 Å². The van der Waals surface area contributed by atoms with Crippen molar-refractivity contribution in [3.63, 3.8) is 0 Å². The number of H-pyrrole nitrogens is 1. The number of aromatic amines is 1. The van der Waals surface area contributed by atoms with Gasteiger partial charge in [0.15, 0.2) is 0 Å². The Morgan fingerprint density at radius 2 is 1.44 bits per heavy atom. The lowest BCUT2D eigenvalue weighted by molar-refractivity contribution is -0.141. The van der Waals surface area contributed by atoms with Crippen LogP contribution in [0.1, 0.15) is 44.7 Å². The first-order valence-electron chi connectivity index (χ1n) is 17.3. The molecule has 0 spiro atoms. The smallest absolute Gasteiger partial charge is 0.326 e. The van der Waals surface area contributed by atoms with Crippen LogP contribution in [0.25, 0.3) is 10.9 Å². The largest absolute Gasteiger partial charge is 0.508 e. The first kappa shape index (κ1) is 42.4. The second-order valence-corrected chi connectivity index (χ2v) is 13.0. The lowest BCUT2D eigenvalue weighted by Crippen LogP contribution is -2.61. The van der Waals surface area contributed by atoms with Crippen molar-refractivity contribution in [1.29, 1.82) is 0 Å². The number of aromatic nitrogens is 1. The summed E-state index contributed by atoms with van der Waals surface area (Å²) in [5.41, 5.74) is 13.4. The molecule has 0 unspecified atom stereocenters. The summed E-state index contributed by atoms with van der Waals surface area (Å²) in [4.78, 5) is 92.5. The molecule has 7 atom stereocenters. The number of aliphatic hydroxyl groups is 1. The third-order valence-electron chi connectivity index (χ3n) is 8.78. The third kappa shape index (κ3) is 12.3. The molecule has 2 aromatic carbocycles. The Bertz CT molecular complexity index is 1810. The number of aliphatic carboxylic acids is 1. The van der Waals surface area contributed by atoms with Crippen molar-refractivity contribution in [3.05, 3.63) is 65.9 Å². The monoisotopic (exact) mass is 752 g/mol. The van der Waals surface area contributed by atoms with E-state index in [-0.39, 0.29) is 18.6 Å². The Morgan fingerprint density at radius 3 is 2.06 bits per heavy atom. The molecular weight excluding hydrogens is 704 g/mol. The lowest BCUT2D eigenvalue weighted by atomic mass is 9.96. The lowest BCUT2D eigenvalue weighted by Gasteiger charge is -2.29. The number of nitrogens with one attached hydrogen (secondary N) is 6. The van der Waals surface area contributed by atoms with Gasteiger partial charge in [-0.25, -0.2) is 4.79 Å². The molecule has 0 saturated carbocycles. The Hall–Kier alpha value is -6.01. The van der Waals surface area contributed by atoms with Gasteiger partial charge < -0.3 is 58.4 Å². The number of rotatable bonds is 20. The molecule has 0 bridgehead atoms. The van der Waals surface area contributed by atoms with Gasteiger partial charge in [-0.1, -0.05) is 50.6 Å². The Labute approximate surface area is 310 Å². The predicted octanol–water partition coefficient (Wildman–Crippen LogP) is -1.57. The minimum absolute atomic E-state index is 0.0159. The standard InChI is InChI=1S/C36H48N8O10/c1-4-18(2)30(43-33(50)26(15-28(38)47)42-32(49)24(37)13-20-9-11-22(46)12-10-20)35(52)44-31(19(3)45)34(51)40-17-29(48)41-27(36(53)54)14-21-16-39-25-8-6-5-7-23(21)25/h5-12,16,18-19,24,26-27,30-31,39,45-46H,4,13-15,17,37H2,1-3H3,(H2,38,47)(H,40,51)(H,41,48)(H,42,49)(H,43,50)(H,44,52)(H,53,54)/t18-,19+,24-,26-,27-,30-,31-/m0/s1. The highest BCUT2D eigenvalue weighted by atomic mass is 16.4. The number of phenolic OH excluding ortho intramolecular Hbond substituents is 1. The first-order valence-corrected chi connectivity index (χ1v) is 17.3. The number of aliphatic hydroxyl groups excluding tert-OH is 1. The molecule has 1 heterocycles. The van der Waals surface area contributed by atoms with E-state index in [1.54, 1.807) is 44.3 Å². The minimum Gasteiger partial charge on any atom is -0.508 e. The van der Waals surface area contributed by atoms with Gasteiger partial charge in [-0.3, -0.25) is 28.8 Å². The summed E-state index contributed by atoms with van der Waals surface area (Å²) >= 11 is 0. The normalized spacial score (nSPS) is 15.0. The van der Waals surface area contributed by atoms with E-state index in [9.17, 15) is 48.9 Å². The maximum atomic E-state index is 13.5. The average molecular weight is 753 g/mol. The molecule has 6 amide bonds. The molecular formula is C36H48N8O10. The van der Waals surface area contributed by atoms with Gasteiger partial charge in [0, 0.05) is 23.5 Å². The molecule has 3 aromatic rings. The van der Waals surface area contributed by atoms with Gasteiger partial charge in [0.05, 0.1) is 25.1 Å². The molecule has 54 heavy (non-hydrogen) atoms. The first-order chi connectivity index (χ1) is 25.5. The summed E-state index contributed by atoms with van der Waals surface area (Å²) in [6, 6.07) is 6.20. The molecule has 0 radical (unpaired) electrons. The number of carboxylic acids is 1. The predicted molar refractivity (Wildman–Crippen MR) is 195 cm³/mol. The van der Waals surface area contributed by atoms with Gasteiger partial charge >= 0.3 is 5.97 Å². The molecule has 0 aliphatic rings. The van der Waals surface area contributed by atoms with Crippen LogP contribution in [0.4, 0.5) is 0 Å². The zero-order chi connectivity index (χ0) is 40.1. The van der Waals surface area contributed by atoms with Gasteiger partial charge in [0.1, 0.15) is 29.9 Å². The molecule has 0 aliphatic heterocycles. The zero-order valence-electron chi connectivity index (χ0n) is 30.1. The van der Waals surface area contributed by atoms with Crippen LogP contribution in [0, 0.1) is 5.92 Å². The van der Waals surface area contributed by atoms with E-state index >= 15 is 0 Å². The van der Waals surface area contributed by atoms with E-state index in [2.05, 4.69) is 31.6 Å². The Balaban J connectivity index is 1.64. The topological polar surface area (TPSA) is 308 Å². The van der Waals surface area contributed by atoms with Crippen LogP contribution in [-0.4, -0.2) is 105 Å². The van der Waals surface area contributed by atoms with Crippen molar-refractivity contribution >= 4 is 52.3 Å². The molecule has 18 heteroatoms. The number of fused-ring (bicyclic) bond motifs is 1. The van der Waals surface area contributed by atoms with E-state index in [0.29, 0.717) is 17.5 Å². The van der Waals surface area contributed by atoms with Crippen LogP contribution in [0.2, 0.25) is 0 Å². The molecule has 1 aromatic heterocycles. The number of primary amides is 1. The second kappa shape index (κ2) is 19.7. The third-order valence-corrected chi connectivity index (χ3v) is 8.78. The minimum atomic E-state index is -1.62. The number of nitrogens with two attached hydrogens (primary N) is 2. The van der Waals surface area contributed by atoms with E-state index < -0.39 is 96.6 Å². The van der Waals surface area contributed by atoms with Crippen LogP contribution in [0.15, 0.2) is 54.7 Å². The van der Waals surface area contributed by atoms with E-state index in [0.717, 1.165) is 10.9 Å². The van der Waals surface area contributed by atoms with E-state index in [1.807, 2.05) is 12.1 Å². The number of aromatic hydroxyl groups is 1. The number of hydrogen-bond acceptors (Lipinski definition) is 10. The van der Waals surface area contributed by atoms with Gasteiger partial charge in [0.2, 0.25) is 35.4 Å². The van der Waals surface area contributed by atoms with Crippen molar-refractivity contribution < 1.29 is 48.9 Å². The number of hydrogen-bond donors (Lipinski definition) is 11. The highest BCUT2D eigenvalue weighted by molar-refractivity contribution is 5.97. The van der Waals surface area contributed by atoms with Gasteiger partial charge in [-0.05, 0) is 48.6 Å². The number of carbonyl (C=O) groups excluding carboxylic acids is 6. The number of para-hydroxylation sites is 1. The number of carboxylic acid groups (broad SMARTS) is 1. The van der Waals surface area contributed by atoms with Crippen LogP contribution in [0.3, 0.4) is 0 Å². The Kier molecular flexibility index (Phi) is 15.5. The summed E-state index contributed by atoms with van der Waals surface area (Å²) in [7, 11) is 0. The molecule has 0 aliphatic carbocycles. The quantitative estimate of drug-likeness (QED) is 0.0626. The van der Waals surface area contributed by atoms with Gasteiger partial charge in [-0.15, -0.1) is 0 Å². The summed E-state index contributed by atoms with van der Waals surface area (Å²) in [6.45, 7) is 3.87. The Morgan fingerprint density at radius 1 is 0.796 bits per heavy atom. The molecule has 3 rings (SSSR count). The van der Waals surface area contributed by atoms with Crippen molar-refractivity contribution in [1.82, 2.24) is 31.6 Å². The van der Waals surface area contributed by atoms with Crippen LogP contribution >= 0.6 is 0 Å². The SMILES string of the molecule is CC[C@H](C)[C@H](NC(=O)[C@H](CC(N)=O)NC(=O)[C@@H](N)Cc1ccc(O)cc1)C(=O)N[C@H](C(=O)NCC(=O)N[C@@H](Cc1c[nH]c2ccccc12)C(=O)O)[C@@H](C)O. The summed E-state index contributed by atoms with van der Waals surface area (Å²) in [5.74, 6) is -7.26. The van der Waals surface area contributed by atoms with E-state index in [4.69, 9.17) is 11.5 Å². The molecule has 0 fully saturated rings. The second-order valence-electron chi connectivity index (χ2n) is 13.0. The summed E-state index contributed by atoms with van der Waals surface area (Å²) < 4.78 is 0. The molecule has 292 valence electrons. The fraction of sp³-hybridized carbons (Fsp3) is 0.417. The number of carbonyl (C=O) groups is 7. The van der Waals surface area contributed by atoms with Crippen molar-refractivity contribution in [3.8, 4) is 5.75 Å². The van der Waals surface area contributed by atoms with Crippen molar-refractivity contribution in [2.24, 2.45) is 17.4 Å². The summed E-state index contributed by atoms with van der Waals surface area (Å²) in [6.07, 6.45) is -0.156. The van der Waals surface area contributed by atoms with Crippen LogP contribution < -0.4 is 38.1 Å². The highest BCUT2D eigenvalue weighted by Gasteiger charge is 2.35. The highest BCUT2D eigenvalue weighted by Crippen LogP contribution is 2.19. The fourth-order valence-electron chi connectivity index (χ4n) is 5.52. The van der Waals surface area contributed by atoms with E-state index in [1.165, 1.54) is 19.1 Å². The number of phenols is 1. The van der Waals surface area contributed by atoms with Gasteiger partial charge in [-0.2, -0.15) is 0 Å². The molecule has 18 nitrogen and oxygen atoms in total. The average Bonchev–Trinajstić information content (AvgIpc) is 3.53. The van der Waals surface area contributed by atoms with Gasteiger partial charge in [0.25, 0.3) is 0 Å². The van der Waals surface area contributed by atoms with Crippen molar-refractivity contribution in [2.75, 3.05) is 6.54 Å². The van der Waals surface area contributed by atoms with Crippen molar-refractivity contribution in [2.45, 2.75) is 82.8 Å². The maximum Gasteiger partial charge on any atom is 0.326 e. The number of benzene rings is 2. The number of amides is 6. The maximum absolute atomic E-state index is 13.5. The zero-order valence-corrected chi connectivity index (χ0v) is 30.1. The fourth-order valence-corrected chi connectivity index (χ4v) is 5.52. The molecule has 13 N–H and O–H groups in total. The molecule has 0 saturated heterocycles. The summed E-state index contributed by atoms with van der Waals surface area (Å²) in [5, 5.41) is 42.3. The van der Waals surface area contributed by atoms with Crippen LogP contribution in [0.5, 0.6) is 5.75 Å².